The van der Waals surface area contributed by atoms with Crippen LogP contribution in [0, 0.1) is 29.3 Å². The number of hydrogen-bond donors (Lipinski definition) is 0. The van der Waals surface area contributed by atoms with Crippen LogP contribution in [0.4, 0.5) is 26.3 Å². The molecule has 1 aliphatic rings. The fraction of sp³-hybridized carbons (Fsp3) is 0.462. The summed E-state index contributed by atoms with van der Waals surface area (Å²) in [7, 11) is 0. The van der Waals surface area contributed by atoms with Crippen molar-refractivity contribution in [2.75, 3.05) is 0 Å². The number of alkyl halides is 3. The van der Waals surface area contributed by atoms with Crippen LogP contribution in [-0.4, -0.2) is 6.18 Å². The summed E-state index contributed by atoms with van der Waals surface area (Å²) < 4.78 is 80.0. The zero-order chi connectivity index (χ0) is 23.3. The molecule has 0 N–H and O–H groups in total. The van der Waals surface area contributed by atoms with Crippen LogP contribution in [0.3, 0.4) is 0 Å². The molecule has 0 atom stereocenters. The van der Waals surface area contributed by atoms with Crippen LogP contribution in [0.15, 0.2) is 36.4 Å². The van der Waals surface area contributed by atoms with E-state index in [1.165, 1.54) is 50.7 Å². The number of hydrogen-bond acceptors (Lipinski definition) is 0. The van der Waals surface area contributed by atoms with Gasteiger partial charge >= 0.3 is 6.18 Å². The minimum absolute atomic E-state index is 0.0120. The monoisotopic (exact) mass is 454 g/mol. The fourth-order valence-corrected chi connectivity index (χ4v) is 4.61. The number of rotatable bonds is 7. The quantitative estimate of drug-likeness (QED) is 0.367. The van der Waals surface area contributed by atoms with Gasteiger partial charge in [0.2, 0.25) is 0 Å². The maximum atomic E-state index is 14.7. The average molecular weight is 454 g/mol. The van der Waals surface area contributed by atoms with Gasteiger partial charge in [-0.2, -0.15) is 13.2 Å². The van der Waals surface area contributed by atoms with E-state index in [4.69, 9.17) is 0 Å². The first kappa shape index (κ1) is 24.4. The number of halogens is 6. The lowest BCUT2D eigenvalue weighted by Gasteiger charge is -2.28. The van der Waals surface area contributed by atoms with Gasteiger partial charge in [0.1, 0.15) is 17.5 Å². The summed E-state index contributed by atoms with van der Waals surface area (Å²) in [4.78, 5) is 0. The Kier molecular flexibility index (Phi) is 8.07. The molecule has 3 rings (SSSR count). The normalized spacial score (nSPS) is 19.6. The molecular weight excluding hydrogens is 426 g/mol. The van der Waals surface area contributed by atoms with Crippen molar-refractivity contribution in [3.05, 3.63) is 65.0 Å². The molecule has 0 aliphatic heterocycles. The van der Waals surface area contributed by atoms with E-state index in [1.54, 1.807) is 6.07 Å². The van der Waals surface area contributed by atoms with E-state index < -0.39 is 29.2 Å². The molecule has 0 spiro atoms. The molecule has 0 nitrogen and oxygen atoms in total. The van der Waals surface area contributed by atoms with Gasteiger partial charge in [-0.1, -0.05) is 57.6 Å². The summed E-state index contributed by atoms with van der Waals surface area (Å²) in [5, 5.41) is 0. The van der Waals surface area contributed by atoms with E-state index in [-0.39, 0.29) is 17.2 Å². The van der Waals surface area contributed by atoms with Crippen molar-refractivity contribution < 1.29 is 26.3 Å². The summed E-state index contributed by atoms with van der Waals surface area (Å²) >= 11 is 0. The predicted molar refractivity (Wildman–Crippen MR) is 116 cm³/mol. The Morgan fingerprint density at radius 2 is 1.44 bits per heavy atom. The third kappa shape index (κ3) is 6.63. The average Bonchev–Trinajstić information content (AvgIpc) is 2.72. The molecule has 0 aromatic heterocycles. The molecule has 1 aliphatic carbocycles. The fourth-order valence-electron chi connectivity index (χ4n) is 4.61. The lowest BCUT2D eigenvalue weighted by atomic mass is 9.78. The third-order valence-corrected chi connectivity index (χ3v) is 6.37. The molecule has 2 aromatic rings. The van der Waals surface area contributed by atoms with Gasteiger partial charge in [-0.3, -0.25) is 0 Å². The molecule has 0 amide bonds. The molecule has 0 saturated heterocycles. The smallest absolute Gasteiger partial charge is 0.206 e. The van der Waals surface area contributed by atoms with Gasteiger partial charge in [0.05, 0.1) is 0 Å². The van der Waals surface area contributed by atoms with Gasteiger partial charge in [-0.25, -0.2) is 13.2 Å². The first-order chi connectivity index (χ1) is 15.2. The van der Waals surface area contributed by atoms with E-state index in [2.05, 4.69) is 6.92 Å². The highest BCUT2D eigenvalue weighted by molar-refractivity contribution is 5.67. The molecule has 1 fully saturated rings. The van der Waals surface area contributed by atoms with Gasteiger partial charge < -0.3 is 0 Å². The molecule has 32 heavy (non-hydrogen) atoms. The molecule has 0 heterocycles. The Labute approximate surface area is 185 Å². The molecular formula is C26H28F6. The van der Waals surface area contributed by atoms with Crippen molar-refractivity contribution in [1.29, 1.82) is 0 Å². The van der Waals surface area contributed by atoms with E-state index in [1.807, 2.05) is 0 Å². The maximum Gasteiger partial charge on any atom is 0.409 e. The highest BCUT2D eigenvalue weighted by atomic mass is 19.4. The molecule has 0 bridgehead atoms. The lowest BCUT2D eigenvalue weighted by Crippen LogP contribution is -2.15. The summed E-state index contributed by atoms with van der Waals surface area (Å²) in [5.41, 5.74) is -0.0233. The molecule has 6 heteroatoms. The van der Waals surface area contributed by atoms with Crippen molar-refractivity contribution in [2.24, 2.45) is 11.8 Å². The minimum Gasteiger partial charge on any atom is -0.206 e. The van der Waals surface area contributed by atoms with Gasteiger partial charge in [0.25, 0.3) is 0 Å². The second-order valence-corrected chi connectivity index (χ2v) is 8.76. The van der Waals surface area contributed by atoms with Crippen molar-refractivity contribution in [3.8, 4) is 11.1 Å². The Bertz CT molecular complexity index is 913. The Balaban J connectivity index is 1.67. The van der Waals surface area contributed by atoms with Crippen molar-refractivity contribution >= 4 is 6.08 Å². The first-order valence-electron chi connectivity index (χ1n) is 11.2. The second-order valence-electron chi connectivity index (χ2n) is 8.76. The van der Waals surface area contributed by atoms with Gasteiger partial charge in [0, 0.05) is 17.2 Å². The van der Waals surface area contributed by atoms with Crippen LogP contribution in [0.5, 0.6) is 0 Å². The van der Waals surface area contributed by atoms with E-state index >= 15 is 0 Å². The first-order valence-corrected chi connectivity index (χ1v) is 11.2. The minimum atomic E-state index is -4.69. The van der Waals surface area contributed by atoms with Crippen LogP contribution < -0.4 is 0 Å². The summed E-state index contributed by atoms with van der Waals surface area (Å²) in [6, 6.07) is 6.31. The van der Waals surface area contributed by atoms with Crippen LogP contribution in [0.2, 0.25) is 0 Å². The third-order valence-electron chi connectivity index (χ3n) is 6.37. The SMILES string of the molecule is CCCC1CCC(CCc2ccc(-c3cc(F)c(/C=C/C(F)(F)F)c(F)c3)c(F)c2)CC1. The maximum absolute atomic E-state index is 14.7. The van der Waals surface area contributed by atoms with E-state index in [0.29, 0.717) is 12.0 Å². The van der Waals surface area contributed by atoms with Crippen LogP contribution in [-0.2, 0) is 6.42 Å². The topological polar surface area (TPSA) is 0 Å². The van der Waals surface area contributed by atoms with Crippen molar-refractivity contribution in [3.63, 3.8) is 0 Å². The number of allylic oxidation sites excluding steroid dienone is 1. The van der Waals surface area contributed by atoms with Crippen molar-refractivity contribution in [1.82, 2.24) is 0 Å². The largest absolute Gasteiger partial charge is 0.409 e. The molecule has 1 saturated carbocycles. The Morgan fingerprint density at radius 1 is 0.844 bits per heavy atom. The predicted octanol–water partition coefficient (Wildman–Crippen LogP) is 8.89. The number of benzene rings is 2. The highest BCUT2D eigenvalue weighted by Crippen LogP contribution is 2.34. The molecule has 2 aromatic carbocycles. The highest BCUT2D eigenvalue weighted by Gasteiger charge is 2.23. The van der Waals surface area contributed by atoms with Crippen LogP contribution in [0.25, 0.3) is 17.2 Å². The van der Waals surface area contributed by atoms with E-state index in [0.717, 1.165) is 36.5 Å². The molecule has 174 valence electrons. The summed E-state index contributed by atoms with van der Waals surface area (Å²) in [6.45, 7) is 2.21. The zero-order valence-electron chi connectivity index (χ0n) is 18.1. The van der Waals surface area contributed by atoms with Crippen molar-refractivity contribution in [2.45, 2.75) is 64.5 Å². The second kappa shape index (κ2) is 10.6. The summed E-state index contributed by atoms with van der Waals surface area (Å²) in [6.07, 6.45) is 4.59. The number of aryl methyl sites for hydroxylation is 1. The molecule has 0 radical (unpaired) electrons. The van der Waals surface area contributed by atoms with Gasteiger partial charge in [-0.15, -0.1) is 0 Å². The lowest BCUT2D eigenvalue weighted by molar-refractivity contribution is -0.0790. The van der Waals surface area contributed by atoms with Crippen LogP contribution in [0.1, 0.15) is 63.0 Å². The zero-order valence-corrected chi connectivity index (χ0v) is 18.1. The Hall–Kier alpha value is -2.24. The standard InChI is InChI=1S/C26H28F6/c1-2-3-17-4-6-18(7-5-17)8-9-19-10-11-21(23(27)14-19)20-15-24(28)22(25(29)16-20)12-13-26(30,31)32/h10-18H,2-9H2,1H3/b13-12+. The Morgan fingerprint density at radius 3 is 1.97 bits per heavy atom. The van der Waals surface area contributed by atoms with Gasteiger partial charge in [0.15, 0.2) is 0 Å². The van der Waals surface area contributed by atoms with E-state index in [9.17, 15) is 26.3 Å². The molecule has 0 unspecified atom stereocenters. The van der Waals surface area contributed by atoms with Crippen LogP contribution >= 0.6 is 0 Å². The van der Waals surface area contributed by atoms with Gasteiger partial charge in [-0.05, 0) is 60.1 Å². The summed E-state index contributed by atoms with van der Waals surface area (Å²) in [5.74, 6) is -1.48.